The number of hydrogen-bond donors (Lipinski definition) is 0. The second kappa shape index (κ2) is 9.12. The zero-order chi connectivity index (χ0) is 22.0. The third-order valence-corrected chi connectivity index (χ3v) is 5.54. The van der Waals surface area contributed by atoms with E-state index in [0.717, 1.165) is 0 Å². The minimum absolute atomic E-state index is 0.0408. The highest BCUT2D eigenvalue weighted by Gasteiger charge is 2.32. The molecule has 2 atom stereocenters. The Bertz CT molecular complexity index is 1010. The van der Waals surface area contributed by atoms with Crippen molar-refractivity contribution in [2.45, 2.75) is 18.6 Å². The zero-order valence-electron chi connectivity index (χ0n) is 17.1. The number of methoxy groups -OCH3 is 1. The van der Waals surface area contributed by atoms with Gasteiger partial charge in [0.05, 0.1) is 20.3 Å². The van der Waals surface area contributed by atoms with Crippen molar-refractivity contribution in [3.8, 4) is 11.1 Å². The minimum Gasteiger partial charge on any atom is -0.498 e. The average molecular weight is 428 g/mol. The fourth-order valence-electron chi connectivity index (χ4n) is 3.69. The first-order valence-corrected chi connectivity index (χ1v) is 10.0. The van der Waals surface area contributed by atoms with Crippen molar-refractivity contribution < 1.29 is 27.4 Å². The monoisotopic (exact) mass is 428 g/mol. The van der Waals surface area contributed by atoms with Crippen molar-refractivity contribution in [1.29, 1.82) is 0 Å². The summed E-state index contributed by atoms with van der Waals surface area (Å²) in [6.45, 7) is 4.68. The SMILES string of the molecule is C=CC1COC(c2ccc(-c3ccc(C4=CC=C(OC)C(F)C4F)cc3)c(F)c2)OC1. The Morgan fingerprint density at radius 3 is 2.26 bits per heavy atom. The van der Waals surface area contributed by atoms with Gasteiger partial charge in [0.25, 0.3) is 0 Å². The van der Waals surface area contributed by atoms with Gasteiger partial charge in [0, 0.05) is 17.0 Å². The number of allylic oxidation sites excluding steroid dienone is 4. The molecule has 1 aliphatic heterocycles. The summed E-state index contributed by atoms with van der Waals surface area (Å²) in [7, 11) is 1.31. The van der Waals surface area contributed by atoms with Gasteiger partial charge in [-0.25, -0.2) is 13.2 Å². The van der Waals surface area contributed by atoms with Crippen LogP contribution in [0.4, 0.5) is 13.2 Å². The summed E-state index contributed by atoms with van der Waals surface area (Å²) >= 11 is 0. The summed E-state index contributed by atoms with van der Waals surface area (Å²) in [6.07, 6.45) is 0.428. The maximum Gasteiger partial charge on any atom is 0.192 e. The molecule has 0 amide bonds. The number of hydrogen-bond acceptors (Lipinski definition) is 3. The van der Waals surface area contributed by atoms with Crippen LogP contribution in [0.3, 0.4) is 0 Å². The number of halogens is 3. The Morgan fingerprint density at radius 2 is 1.65 bits per heavy atom. The minimum atomic E-state index is -1.85. The summed E-state index contributed by atoms with van der Waals surface area (Å²) in [5.41, 5.74) is 2.38. The highest BCUT2D eigenvalue weighted by molar-refractivity contribution is 5.75. The lowest BCUT2D eigenvalue weighted by atomic mass is 9.92. The molecule has 0 spiro atoms. The van der Waals surface area contributed by atoms with Gasteiger partial charge in [-0.05, 0) is 28.8 Å². The van der Waals surface area contributed by atoms with Crippen LogP contribution in [-0.4, -0.2) is 32.7 Å². The van der Waals surface area contributed by atoms with E-state index < -0.39 is 24.5 Å². The van der Waals surface area contributed by atoms with Crippen LogP contribution in [0.15, 0.2) is 73.0 Å². The van der Waals surface area contributed by atoms with E-state index in [2.05, 4.69) is 6.58 Å². The molecule has 2 aromatic carbocycles. The maximum absolute atomic E-state index is 14.8. The molecular formula is C25H23F3O3. The lowest BCUT2D eigenvalue weighted by molar-refractivity contribution is -0.197. The van der Waals surface area contributed by atoms with Gasteiger partial charge in [-0.2, -0.15) is 0 Å². The van der Waals surface area contributed by atoms with E-state index in [4.69, 9.17) is 14.2 Å². The molecule has 0 aromatic heterocycles. The molecule has 6 heteroatoms. The molecule has 2 unspecified atom stereocenters. The Labute approximate surface area is 179 Å². The molecule has 162 valence electrons. The fraction of sp³-hybridized carbons (Fsp3) is 0.280. The predicted octanol–water partition coefficient (Wildman–Crippen LogP) is 5.94. The van der Waals surface area contributed by atoms with E-state index in [1.807, 2.05) is 0 Å². The molecule has 3 nitrogen and oxygen atoms in total. The van der Waals surface area contributed by atoms with Gasteiger partial charge in [0.1, 0.15) is 11.6 Å². The first-order chi connectivity index (χ1) is 15.0. The van der Waals surface area contributed by atoms with E-state index in [0.29, 0.717) is 35.5 Å². The van der Waals surface area contributed by atoms with Crippen LogP contribution in [-0.2, 0) is 14.2 Å². The quantitative estimate of drug-likeness (QED) is 0.552. The number of benzene rings is 2. The molecule has 0 saturated carbocycles. The van der Waals surface area contributed by atoms with E-state index in [1.165, 1.54) is 25.3 Å². The van der Waals surface area contributed by atoms with Crippen LogP contribution < -0.4 is 0 Å². The third-order valence-electron chi connectivity index (χ3n) is 5.54. The molecule has 1 heterocycles. The second-order valence-electron chi connectivity index (χ2n) is 7.51. The molecular weight excluding hydrogens is 405 g/mol. The van der Waals surface area contributed by atoms with Crippen LogP contribution in [0.25, 0.3) is 16.7 Å². The normalized spacial score (nSPS) is 26.1. The topological polar surface area (TPSA) is 27.7 Å². The van der Waals surface area contributed by atoms with E-state index in [9.17, 15) is 13.2 Å². The highest BCUT2D eigenvalue weighted by Crippen LogP contribution is 2.34. The highest BCUT2D eigenvalue weighted by atomic mass is 19.2. The molecule has 31 heavy (non-hydrogen) atoms. The summed E-state index contributed by atoms with van der Waals surface area (Å²) < 4.78 is 59.5. The van der Waals surface area contributed by atoms with Crippen molar-refractivity contribution in [3.63, 3.8) is 0 Å². The van der Waals surface area contributed by atoms with Crippen LogP contribution in [0, 0.1) is 11.7 Å². The Hall–Kier alpha value is -2.83. The maximum atomic E-state index is 14.8. The fourth-order valence-corrected chi connectivity index (χ4v) is 3.69. The summed E-state index contributed by atoms with van der Waals surface area (Å²) in [6, 6.07) is 11.5. The van der Waals surface area contributed by atoms with Gasteiger partial charge < -0.3 is 14.2 Å². The third kappa shape index (κ3) is 4.31. The van der Waals surface area contributed by atoms with Gasteiger partial charge >= 0.3 is 0 Å². The molecule has 2 aromatic rings. The number of rotatable bonds is 5. The van der Waals surface area contributed by atoms with E-state index in [1.54, 1.807) is 42.5 Å². The Kier molecular flexibility index (Phi) is 6.30. The van der Waals surface area contributed by atoms with Crippen LogP contribution in [0.1, 0.15) is 17.4 Å². The summed E-state index contributed by atoms with van der Waals surface area (Å²) in [4.78, 5) is 0. The molecule has 0 radical (unpaired) electrons. The van der Waals surface area contributed by atoms with E-state index in [-0.39, 0.29) is 17.3 Å². The van der Waals surface area contributed by atoms with Crippen molar-refractivity contribution in [2.75, 3.05) is 20.3 Å². The first-order valence-electron chi connectivity index (χ1n) is 10.0. The standard InChI is InChI=1S/C25H23F3O3/c1-3-15-13-30-25(31-14-15)18-8-9-19(21(26)12-18)16-4-6-17(7-5-16)20-10-11-22(29-2)24(28)23(20)27/h3-12,15,23-25H,1,13-14H2,2H3. The van der Waals surface area contributed by atoms with Crippen molar-refractivity contribution in [2.24, 2.45) is 5.92 Å². The lowest BCUT2D eigenvalue weighted by Crippen LogP contribution is -2.25. The van der Waals surface area contributed by atoms with Crippen molar-refractivity contribution in [3.05, 3.63) is 90.0 Å². The molecule has 1 saturated heterocycles. The molecule has 1 fully saturated rings. The molecule has 0 bridgehead atoms. The van der Waals surface area contributed by atoms with Crippen LogP contribution in [0.5, 0.6) is 0 Å². The second-order valence-corrected chi connectivity index (χ2v) is 7.51. The first kappa shape index (κ1) is 21.4. The van der Waals surface area contributed by atoms with E-state index >= 15 is 0 Å². The Morgan fingerprint density at radius 1 is 0.968 bits per heavy atom. The molecule has 4 rings (SSSR count). The smallest absolute Gasteiger partial charge is 0.192 e. The Balaban J connectivity index is 1.53. The zero-order valence-corrected chi connectivity index (χ0v) is 17.1. The van der Waals surface area contributed by atoms with Gasteiger partial charge in [-0.3, -0.25) is 0 Å². The summed E-state index contributed by atoms with van der Waals surface area (Å²) in [5.74, 6) is -0.327. The van der Waals surface area contributed by atoms with Gasteiger partial charge in [0.15, 0.2) is 18.6 Å². The van der Waals surface area contributed by atoms with Crippen LogP contribution >= 0.6 is 0 Å². The largest absolute Gasteiger partial charge is 0.498 e. The van der Waals surface area contributed by atoms with Crippen LogP contribution in [0.2, 0.25) is 0 Å². The average Bonchev–Trinajstić information content (AvgIpc) is 2.81. The lowest BCUT2D eigenvalue weighted by Gasteiger charge is -2.28. The van der Waals surface area contributed by atoms with Gasteiger partial charge in [-0.15, -0.1) is 6.58 Å². The summed E-state index contributed by atoms with van der Waals surface area (Å²) in [5, 5.41) is 0. The van der Waals surface area contributed by atoms with Crippen molar-refractivity contribution >= 4 is 5.57 Å². The molecule has 2 aliphatic rings. The number of ether oxygens (including phenoxy) is 3. The molecule has 0 N–H and O–H groups in total. The van der Waals surface area contributed by atoms with Gasteiger partial charge in [0.2, 0.25) is 0 Å². The predicted molar refractivity (Wildman–Crippen MR) is 113 cm³/mol. The van der Waals surface area contributed by atoms with Gasteiger partial charge in [-0.1, -0.05) is 48.6 Å². The molecule has 1 aliphatic carbocycles. The number of alkyl halides is 2. The van der Waals surface area contributed by atoms with Crippen molar-refractivity contribution in [1.82, 2.24) is 0 Å².